The van der Waals surface area contributed by atoms with Crippen LogP contribution in [0.15, 0.2) is 0 Å². The Morgan fingerprint density at radius 1 is 0.960 bits per heavy atom. The number of Topliss-reactive ketones (excluding diaryl/α,β-unsaturated/α-hetero) is 1. The molecule has 4 aliphatic rings. The van der Waals surface area contributed by atoms with Crippen LogP contribution < -0.4 is 0 Å². The number of ketones is 1. The average Bonchev–Trinajstić information content (AvgIpc) is 2.93. The fourth-order valence-electron chi connectivity index (χ4n) is 8.31. The van der Waals surface area contributed by atoms with E-state index in [0.29, 0.717) is 23.0 Å². The molecule has 4 saturated carbocycles. The molecule has 0 aromatic rings. The van der Waals surface area contributed by atoms with Crippen LogP contribution in [0.2, 0.25) is 0 Å². The predicted molar refractivity (Wildman–Crippen MR) is 101 cm³/mol. The molecule has 0 aromatic heterocycles. The van der Waals surface area contributed by atoms with E-state index in [-0.39, 0.29) is 5.41 Å². The van der Waals surface area contributed by atoms with Gasteiger partial charge in [0, 0.05) is 5.92 Å². The van der Waals surface area contributed by atoms with Gasteiger partial charge in [0.1, 0.15) is 5.78 Å². The van der Waals surface area contributed by atoms with E-state index in [0.717, 1.165) is 43.4 Å². The van der Waals surface area contributed by atoms with Gasteiger partial charge in [0.25, 0.3) is 0 Å². The van der Waals surface area contributed by atoms with Crippen LogP contribution in [0, 0.1) is 40.4 Å². The standard InChI is InChI=1S/C23H38O2/c1-5-23(25)13-12-21(3)16(14-23)6-7-17-19-9-8-18(15(2)24)22(19,4)11-10-20(17)21/h16-20,25H,5-14H2,1-4H3/t16-,17?,18+,19?,20?,21-,22+,23+/m0/s1. The zero-order chi connectivity index (χ0) is 18.0. The molecule has 2 heteroatoms. The van der Waals surface area contributed by atoms with Gasteiger partial charge in [0.2, 0.25) is 0 Å². The van der Waals surface area contributed by atoms with Crippen LogP contribution >= 0.6 is 0 Å². The minimum absolute atomic E-state index is 0.273. The number of rotatable bonds is 2. The molecule has 25 heavy (non-hydrogen) atoms. The van der Waals surface area contributed by atoms with Crippen molar-refractivity contribution in [3.8, 4) is 0 Å². The SMILES string of the molecule is CC[C@@]1(O)CC[C@]2(C)C3CC[C@@]4(C)C(CC[C@@H]4C(C)=O)C3CC[C@H]2C1. The first kappa shape index (κ1) is 18.0. The highest BCUT2D eigenvalue weighted by Gasteiger charge is 2.61. The van der Waals surface area contributed by atoms with Crippen LogP contribution in [-0.2, 0) is 4.79 Å². The van der Waals surface area contributed by atoms with Gasteiger partial charge in [-0.25, -0.2) is 0 Å². The molecular formula is C23H38O2. The Morgan fingerprint density at radius 2 is 1.68 bits per heavy atom. The summed E-state index contributed by atoms with van der Waals surface area (Å²) in [6, 6.07) is 0. The third kappa shape index (κ3) is 2.49. The molecule has 8 atom stereocenters. The molecule has 4 aliphatic carbocycles. The second kappa shape index (κ2) is 5.81. The van der Waals surface area contributed by atoms with Crippen LogP contribution in [-0.4, -0.2) is 16.5 Å². The zero-order valence-corrected chi connectivity index (χ0v) is 16.8. The van der Waals surface area contributed by atoms with Gasteiger partial charge in [-0.3, -0.25) is 4.79 Å². The lowest BCUT2D eigenvalue weighted by Crippen LogP contribution is -2.56. The molecule has 0 bridgehead atoms. The molecule has 1 N–H and O–H groups in total. The van der Waals surface area contributed by atoms with Crippen LogP contribution in [0.5, 0.6) is 0 Å². The van der Waals surface area contributed by atoms with Crippen molar-refractivity contribution in [3.63, 3.8) is 0 Å². The second-order valence-corrected chi connectivity index (χ2v) is 10.7. The molecule has 0 amide bonds. The molecule has 0 aromatic carbocycles. The van der Waals surface area contributed by atoms with Crippen molar-refractivity contribution < 1.29 is 9.90 Å². The van der Waals surface area contributed by atoms with E-state index in [9.17, 15) is 9.90 Å². The fourth-order valence-corrected chi connectivity index (χ4v) is 8.31. The minimum atomic E-state index is -0.396. The molecule has 2 nitrogen and oxygen atoms in total. The van der Waals surface area contributed by atoms with E-state index in [1.165, 1.54) is 38.5 Å². The number of carbonyl (C=O) groups is 1. The van der Waals surface area contributed by atoms with Crippen molar-refractivity contribution in [1.29, 1.82) is 0 Å². The topological polar surface area (TPSA) is 37.3 Å². The van der Waals surface area contributed by atoms with Crippen molar-refractivity contribution in [2.24, 2.45) is 40.4 Å². The van der Waals surface area contributed by atoms with E-state index in [2.05, 4.69) is 20.8 Å². The van der Waals surface area contributed by atoms with E-state index < -0.39 is 5.60 Å². The zero-order valence-electron chi connectivity index (χ0n) is 16.8. The maximum absolute atomic E-state index is 12.2. The van der Waals surface area contributed by atoms with Gasteiger partial charge < -0.3 is 5.11 Å². The Labute approximate surface area is 154 Å². The summed E-state index contributed by atoms with van der Waals surface area (Å²) >= 11 is 0. The summed E-state index contributed by atoms with van der Waals surface area (Å²) < 4.78 is 0. The Kier molecular flexibility index (Phi) is 4.19. The largest absolute Gasteiger partial charge is 0.390 e. The molecule has 3 unspecified atom stereocenters. The first-order chi connectivity index (χ1) is 11.7. The van der Waals surface area contributed by atoms with Crippen LogP contribution in [0.3, 0.4) is 0 Å². The normalized spacial score (nSPS) is 55.2. The Hall–Kier alpha value is -0.370. The maximum atomic E-state index is 12.2. The molecular weight excluding hydrogens is 308 g/mol. The van der Waals surface area contributed by atoms with E-state index >= 15 is 0 Å². The fraction of sp³-hybridized carbons (Fsp3) is 0.957. The Morgan fingerprint density at radius 3 is 2.36 bits per heavy atom. The number of hydrogen-bond acceptors (Lipinski definition) is 2. The third-order valence-corrected chi connectivity index (χ3v) is 9.97. The summed E-state index contributed by atoms with van der Waals surface area (Å²) in [5.41, 5.74) is 0.308. The second-order valence-electron chi connectivity index (χ2n) is 10.7. The quantitative estimate of drug-likeness (QED) is 0.729. The molecule has 0 heterocycles. The Balaban J connectivity index is 1.59. The molecule has 0 radical (unpaired) electrons. The molecule has 0 aliphatic heterocycles. The van der Waals surface area contributed by atoms with Crippen molar-refractivity contribution in [3.05, 3.63) is 0 Å². The number of hydrogen-bond donors (Lipinski definition) is 1. The van der Waals surface area contributed by atoms with Gasteiger partial charge in [0.15, 0.2) is 0 Å². The van der Waals surface area contributed by atoms with Crippen LogP contribution in [0.25, 0.3) is 0 Å². The summed E-state index contributed by atoms with van der Waals surface area (Å²) in [7, 11) is 0. The highest BCUT2D eigenvalue weighted by molar-refractivity contribution is 5.79. The smallest absolute Gasteiger partial charge is 0.133 e. The van der Waals surface area contributed by atoms with Gasteiger partial charge in [0.05, 0.1) is 5.60 Å². The van der Waals surface area contributed by atoms with Gasteiger partial charge in [-0.15, -0.1) is 0 Å². The first-order valence-electron chi connectivity index (χ1n) is 11.0. The predicted octanol–water partition coefficient (Wildman–Crippen LogP) is 5.38. The molecule has 4 fully saturated rings. The van der Waals surface area contributed by atoms with Crippen molar-refractivity contribution in [2.45, 2.75) is 97.5 Å². The number of carbonyl (C=O) groups excluding carboxylic acids is 1. The molecule has 0 saturated heterocycles. The highest BCUT2D eigenvalue weighted by atomic mass is 16.3. The number of fused-ring (bicyclic) bond motifs is 5. The van der Waals surface area contributed by atoms with Crippen molar-refractivity contribution >= 4 is 5.78 Å². The van der Waals surface area contributed by atoms with Gasteiger partial charge >= 0.3 is 0 Å². The summed E-state index contributed by atoms with van der Waals surface area (Å²) in [5.74, 6) is 3.90. The van der Waals surface area contributed by atoms with Gasteiger partial charge in [-0.05, 0) is 106 Å². The van der Waals surface area contributed by atoms with Crippen molar-refractivity contribution in [1.82, 2.24) is 0 Å². The van der Waals surface area contributed by atoms with Crippen molar-refractivity contribution in [2.75, 3.05) is 0 Å². The highest BCUT2D eigenvalue weighted by Crippen LogP contribution is 2.68. The first-order valence-corrected chi connectivity index (χ1v) is 11.0. The van der Waals surface area contributed by atoms with Crippen LogP contribution in [0.1, 0.15) is 91.9 Å². The molecule has 4 rings (SSSR count). The number of aliphatic hydroxyl groups is 1. The minimum Gasteiger partial charge on any atom is -0.390 e. The molecule has 142 valence electrons. The lowest BCUT2D eigenvalue weighted by Gasteiger charge is -2.62. The maximum Gasteiger partial charge on any atom is 0.133 e. The summed E-state index contributed by atoms with van der Waals surface area (Å²) in [6.07, 6.45) is 11.8. The van der Waals surface area contributed by atoms with E-state index in [1.807, 2.05) is 6.92 Å². The molecule has 0 spiro atoms. The van der Waals surface area contributed by atoms with Gasteiger partial charge in [-0.2, -0.15) is 0 Å². The lowest BCUT2D eigenvalue weighted by atomic mass is 9.43. The third-order valence-electron chi connectivity index (χ3n) is 9.97. The lowest BCUT2D eigenvalue weighted by molar-refractivity contribution is -0.154. The summed E-state index contributed by atoms with van der Waals surface area (Å²) in [4.78, 5) is 12.2. The summed E-state index contributed by atoms with van der Waals surface area (Å²) in [6.45, 7) is 8.98. The Bertz CT molecular complexity index is 556. The average molecular weight is 347 g/mol. The van der Waals surface area contributed by atoms with Crippen LogP contribution in [0.4, 0.5) is 0 Å². The summed E-state index contributed by atoms with van der Waals surface area (Å²) in [5, 5.41) is 10.9. The van der Waals surface area contributed by atoms with Gasteiger partial charge in [-0.1, -0.05) is 20.8 Å². The van der Waals surface area contributed by atoms with E-state index in [1.54, 1.807) is 0 Å². The van der Waals surface area contributed by atoms with E-state index in [4.69, 9.17) is 0 Å². The monoisotopic (exact) mass is 346 g/mol.